The zero-order chi connectivity index (χ0) is 12.8. The van der Waals surface area contributed by atoms with Crippen molar-refractivity contribution in [2.75, 3.05) is 0 Å². The van der Waals surface area contributed by atoms with E-state index in [1.165, 1.54) is 0 Å². The maximum Gasteiger partial charge on any atom is 0.277 e. The topological polar surface area (TPSA) is 41.8 Å². The quantitative estimate of drug-likeness (QED) is 0.741. The third kappa shape index (κ3) is 1.55. The molecule has 0 saturated carbocycles. The molecule has 0 bridgehead atoms. The molecule has 0 fully saturated rings. The van der Waals surface area contributed by atoms with Crippen molar-refractivity contribution in [1.29, 1.82) is 0 Å². The number of nitrogens with zero attached hydrogens (tertiary/aromatic N) is 2. The molecule has 0 spiro atoms. The number of carbonyl (C=O) groups is 1. The zero-order valence-corrected chi connectivity index (χ0v) is 10.4. The second kappa shape index (κ2) is 3.73. The van der Waals surface area contributed by atoms with Crippen LogP contribution in [0.15, 0.2) is 46.4 Å². The van der Waals surface area contributed by atoms with Crippen LogP contribution in [0.2, 0.25) is 0 Å². The Bertz CT molecular complexity index is 609. The Morgan fingerprint density at radius 2 is 1.89 bits per heavy atom. The highest BCUT2D eigenvalue weighted by atomic mass is 16.1. The molecule has 18 heavy (non-hydrogen) atoms. The first-order valence-corrected chi connectivity index (χ1v) is 6.03. The van der Waals surface area contributed by atoms with E-state index in [9.17, 15) is 4.79 Å². The average molecular weight is 238 g/mol. The van der Waals surface area contributed by atoms with Crippen LogP contribution in [-0.2, 0) is 0 Å². The van der Waals surface area contributed by atoms with Gasteiger partial charge in [-0.25, -0.2) is 4.99 Å². The van der Waals surface area contributed by atoms with E-state index in [0.29, 0.717) is 5.56 Å². The molecule has 2 aliphatic heterocycles. The van der Waals surface area contributed by atoms with Crippen LogP contribution in [0, 0.1) is 5.41 Å². The van der Waals surface area contributed by atoms with Crippen LogP contribution in [0.4, 0.5) is 0 Å². The van der Waals surface area contributed by atoms with Gasteiger partial charge in [0.1, 0.15) is 6.04 Å². The lowest BCUT2D eigenvalue weighted by molar-refractivity contribution is 0.101. The minimum Gasteiger partial charge on any atom is -0.283 e. The van der Waals surface area contributed by atoms with Crippen molar-refractivity contribution in [2.45, 2.75) is 19.9 Å². The van der Waals surface area contributed by atoms with E-state index in [0.717, 1.165) is 11.3 Å². The van der Waals surface area contributed by atoms with Gasteiger partial charge in [0, 0.05) is 17.2 Å². The van der Waals surface area contributed by atoms with Gasteiger partial charge in [0.05, 0.1) is 11.3 Å². The molecule has 0 aromatic heterocycles. The summed E-state index contributed by atoms with van der Waals surface area (Å²) in [6.07, 6.45) is 5.84. The number of hydrogen-bond donors (Lipinski definition) is 0. The monoisotopic (exact) mass is 238 g/mol. The van der Waals surface area contributed by atoms with E-state index in [4.69, 9.17) is 0 Å². The van der Waals surface area contributed by atoms with Gasteiger partial charge >= 0.3 is 0 Å². The van der Waals surface area contributed by atoms with Crippen molar-refractivity contribution in [3.63, 3.8) is 0 Å². The smallest absolute Gasteiger partial charge is 0.277 e. The Kier molecular flexibility index (Phi) is 2.30. The number of fused-ring (bicyclic) bond motifs is 1. The van der Waals surface area contributed by atoms with E-state index in [1.807, 2.05) is 30.3 Å². The van der Waals surface area contributed by atoms with Gasteiger partial charge in [0.25, 0.3) is 5.91 Å². The summed E-state index contributed by atoms with van der Waals surface area (Å²) in [5, 5.41) is 0. The Morgan fingerprint density at radius 3 is 2.61 bits per heavy atom. The molecule has 1 atom stereocenters. The summed E-state index contributed by atoms with van der Waals surface area (Å²) in [4.78, 5) is 20.6. The molecule has 1 aromatic rings. The lowest BCUT2D eigenvalue weighted by atomic mass is 9.79. The van der Waals surface area contributed by atoms with E-state index in [2.05, 4.69) is 29.9 Å². The van der Waals surface area contributed by atoms with Gasteiger partial charge in [0.15, 0.2) is 0 Å². The van der Waals surface area contributed by atoms with Crippen molar-refractivity contribution in [1.82, 2.24) is 0 Å². The summed E-state index contributed by atoms with van der Waals surface area (Å²) in [6, 6.07) is 7.48. The summed E-state index contributed by atoms with van der Waals surface area (Å²) in [7, 11) is 0. The lowest BCUT2D eigenvalue weighted by Crippen LogP contribution is -2.35. The average Bonchev–Trinajstić information content (AvgIpc) is 2.67. The second-order valence-corrected chi connectivity index (χ2v) is 5.23. The van der Waals surface area contributed by atoms with Gasteiger partial charge in [-0.3, -0.25) is 9.79 Å². The minimum atomic E-state index is -0.152. The van der Waals surface area contributed by atoms with Crippen LogP contribution in [0.1, 0.15) is 29.8 Å². The van der Waals surface area contributed by atoms with E-state index in [1.54, 1.807) is 6.21 Å². The molecule has 2 aliphatic rings. The number of amides is 1. The molecule has 3 heteroatoms. The van der Waals surface area contributed by atoms with Crippen LogP contribution >= 0.6 is 0 Å². The van der Waals surface area contributed by atoms with Gasteiger partial charge in [-0.1, -0.05) is 38.1 Å². The number of hydrogen-bond acceptors (Lipinski definition) is 2. The van der Waals surface area contributed by atoms with Crippen LogP contribution in [0.3, 0.4) is 0 Å². The normalized spacial score (nSPS) is 24.0. The maximum atomic E-state index is 11.9. The number of benzene rings is 1. The van der Waals surface area contributed by atoms with Crippen molar-refractivity contribution >= 4 is 17.8 Å². The standard InChI is InChI=1S/C15H14N2O/c1-15(2)8-5-9-16-13(15)12-10-6-3-4-7-11(10)14(18)17-12/h3-9,13H,1-2H3. The Labute approximate surface area is 106 Å². The van der Waals surface area contributed by atoms with Crippen molar-refractivity contribution < 1.29 is 4.79 Å². The first-order chi connectivity index (χ1) is 8.59. The van der Waals surface area contributed by atoms with Crippen LogP contribution in [0.25, 0.3) is 0 Å². The summed E-state index contributed by atoms with van der Waals surface area (Å²) >= 11 is 0. The molecular formula is C15H14N2O. The molecule has 1 unspecified atom stereocenters. The molecule has 90 valence electrons. The first kappa shape index (κ1) is 11.1. The molecule has 3 nitrogen and oxygen atoms in total. The molecule has 0 saturated heterocycles. The SMILES string of the molecule is CC1(C)C=CC=NC1C1=NC(=O)c2ccccc21. The fraction of sp³-hybridized carbons (Fsp3) is 0.267. The van der Waals surface area contributed by atoms with Crippen LogP contribution in [0.5, 0.6) is 0 Å². The number of carbonyl (C=O) groups excluding carboxylic acids is 1. The molecule has 0 radical (unpaired) electrons. The third-order valence-corrected chi connectivity index (χ3v) is 3.47. The number of allylic oxidation sites excluding steroid dienone is 1. The number of rotatable bonds is 1. The summed E-state index contributed by atoms with van der Waals surface area (Å²) in [5.74, 6) is -0.152. The second-order valence-electron chi connectivity index (χ2n) is 5.23. The first-order valence-electron chi connectivity index (χ1n) is 6.03. The Morgan fingerprint density at radius 1 is 1.17 bits per heavy atom. The zero-order valence-electron chi connectivity index (χ0n) is 10.4. The summed E-state index contributed by atoms with van der Waals surface area (Å²) < 4.78 is 0. The number of aliphatic imine (C=N–C) groups is 2. The minimum absolute atomic E-state index is 0.0879. The van der Waals surface area contributed by atoms with E-state index in [-0.39, 0.29) is 17.4 Å². The predicted molar refractivity (Wildman–Crippen MR) is 72.5 cm³/mol. The van der Waals surface area contributed by atoms with E-state index >= 15 is 0 Å². The highest BCUT2D eigenvalue weighted by Crippen LogP contribution is 2.33. The molecular weight excluding hydrogens is 224 g/mol. The molecule has 0 aliphatic carbocycles. The Hall–Kier alpha value is -2.03. The van der Waals surface area contributed by atoms with Gasteiger partial charge in [0.2, 0.25) is 0 Å². The predicted octanol–water partition coefficient (Wildman–Crippen LogP) is 2.66. The van der Waals surface area contributed by atoms with Gasteiger partial charge in [-0.05, 0) is 12.1 Å². The van der Waals surface area contributed by atoms with Crippen LogP contribution < -0.4 is 0 Å². The van der Waals surface area contributed by atoms with Gasteiger partial charge in [-0.2, -0.15) is 0 Å². The highest BCUT2D eigenvalue weighted by Gasteiger charge is 2.37. The summed E-state index contributed by atoms with van der Waals surface area (Å²) in [5.41, 5.74) is 2.29. The number of dihydropyridines is 1. The molecule has 0 N–H and O–H groups in total. The van der Waals surface area contributed by atoms with Gasteiger partial charge < -0.3 is 0 Å². The van der Waals surface area contributed by atoms with Crippen molar-refractivity contribution in [2.24, 2.45) is 15.4 Å². The van der Waals surface area contributed by atoms with E-state index < -0.39 is 0 Å². The van der Waals surface area contributed by atoms with Crippen molar-refractivity contribution in [3.8, 4) is 0 Å². The largest absolute Gasteiger partial charge is 0.283 e. The molecule has 3 rings (SSSR count). The molecule has 2 heterocycles. The Balaban J connectivity index is 2.10. The summed E-state index contributed by atoms with van der Waals surface area (Å²) in [6.45, 7) is 4.22. The lowest BCUT2D eigenvalue weighted by Gasteiger charge is -2.30. The third-order valence-electron chi connectivity index (χ3n) is 3.47. The van der Waals surface area contributed by atoms with Crippen molar-refractivity contribution in [3.05, 3.63) is 47.5 Å². The fourth-order valence-electron chi connectivity index (χ4n) is 2.46. The fourth-order valence-corrected chi connectivity index (χ4v) is 2.46. The molecule has 1 amide bonds. The maximum absolute atomic E-state index is 11.9. The van der Waals surface area contributed by atoms with Crippen LogP contribution in [-0.4, -0.2) is 23.9 Å². The highest BCUT2D eigenvalue weighted by molar-refractivity contribution is 6.23. The molecule has 1 aromatic carbocycles. The van der Waals surface area contributed by atoms with Gasteiger partial charge in [-0.15, -0.1) is 0 Å².